The van der Waals surface area contributed by atoms with Crippen molar-refractivity contribution in [1.82, 2.24) is 25.7 Å². The summed E-state index contributed by atoms with van der Waals surface area (Å²) in [7, 11) is 0. The number of halogens is 1. The molecule has 1 aliphatic carbocycles. The molecule has 230 valence electrons. The molecule has 4 N–H and O–H groups in total. The van der Waals surface area contributed by atoms with Crippen LogP contribution in [0.5, 0.6) is 5.75 Å². The fraction of sp³-hybridized carbons (Fsp3) is 0.441. The number of amides is 1. The van der Waals surface area contributed by atoms with E-state index in [1.165, 1.54) is 23.3 Å². The van der Waals surface area contributed by atoms with E-state index >= 15 is 0 Å². The summed E-state index contributed by atoms with van der Waals surface area (Å²) in [6, 6.07) is 13.4. The Morgan fingerprint density at radius 2 is 1.91 bits per heavy atom. The van der Waals surface area contributed by atoms with Crippen LogP contribution in [0.3, 0.4) is 0 Å². The second-order valence-electron chi connectivity index (χ2n) is 12.5. The maximum Gasteiger partial charge on any atom is 0.234 e. The van der Waals surface area contributed by atoms with Gasteiger partial charge < -0.3 is 21.1 Å². The SMILES string of the molecule is NCC1CCN(CC(=O)NC2CC(COc3cc(F)ccc3-c3nnc(-c4ccc5c(c4)CCNC5)c4ccsc34)C2)CC1. The molecule has 8 nitrogen and oxygen atoms in total. The summed E-state index contributed by atoms with van der Waals surface area (Å²) in [4.78, 5) is 14.8. The second kappa shape index (κ2) is 12.9. The van der Waals surface area contributed by atoms with Gasteiger partial charge in [-0.1, -0.05) is 12.1 Å². The molecule has 1 amide bonds. The average Bonchev–Trinajstić information content (AvgIpc) is 3.52. The van der Waals surface area contributed by atoms with E-state index in [4.69, 9.17) is 15.6 Å². The number of aromatic nitrogens is 2. The molecule has 0 unspecified atom stereocenters. The van der Waals surface area contributed by atoms with E-state index in [0.29, 0.717) is 36.4 Å². The van der Waals surface area contributed by atoms with Gasteiger partial charge in [-0.05, 0) is 111 Å². The molecule has 2 fully saturated rings. The van der Waals surface area contributed by atoms with E-state index in [9.17, 15) is 9.18 Å². The van der Waals surface area contributed by atoms with Crippen LogP contribution >= 0.6 is 11.3 Å². The number of rotatable bonds is 9. The highest BCUT2D eigenvalue weighted by Gasteiger charge is 2.32. The third kappa shape index (κ3) is 6.21. The number of benzene rings is 2. The Morgan fingerprint density at radius 1 is 1.07 bits per heavy atom. The summed E-state index contributed by atoms with van der Waals surface area (Å²) in [6.07, 6.45) is 4.84. The molecule has 4 aromatic rings. The Bertz CT molecular complexity index is 1650. The van der Waals surface area contributed by atoms with E-state index in [-0.39, 0.29) is 17.8 Å². The molecule has 4 heterocycles. The molecule has 2 aliphatic heterocycles. The fourth-order valence-corrected chi connectivity index (χ4v) is 7.65. The number of hydrogen-bond acceptors (Lipinski definition) is 8. The lowest BCUT2D eigenvalue weighted by Gasteiger charge is -2.37. The molecule has 1 saturated carbocycles. The summed E-state index contributed by atoms with van der Waals surface area (Å²) < 4.78 is 21.7. The minimum atomic E-state index is -0.353. The van der Waals surface area contributed by atoms with Crippen molar-refractivity contribution < 1.29 is 13.9 Å². The van der Waals surface area contributed by atoms with Crippen molar-refractivity contribution in [1.29, 1.82) is 0 Å². The van der Waals surface area contributed by atoms with E-state index in [1.807, 2.05) is 0 Å². The smallest absolute Gasteiger partial charge is 0.234 e. The highest BCUT2D eigenvalue weighted by atomic mass is 32.1. The standard InChI is InChI=1S/C34H39FN6O2S/c35-26-3-4-28(30(16-26)43-20-22-13-27(14-22)38-31(42)19-41-10-6-21(17-36)7-11-41)33-34-29(8-12-44-34)32(39-40-33)24-1-2-25-18-37-9-5-23(25)15-24/h1-4,8,12,15-16,21-22,27,37H,5-7,9-11,13-14,17-20,36H2,(H,38,42). The van der Waals surface area contributed by atoms with Crippen LogP contribution in [0.25, 0.3) is 32.6 Å². The van der Waals surface area contributed by atoms with E-state index in [2.05, 4.69) is 50.3 Å². The van der Waals surface area contributed by atoms with Crippen LogP contribution in [-0.2, 0) is 17.8 Å². The Labute approximate surface area is 261 Å². The Kier molecular flexibility index (Phi) is 8.58. The van der Waals surface area contributed by atoms with Gasteiger partial charge in [-0.25, -0.2) is 4.39 Å². The number of thiophene rings is 1. The molecule has 44 heavy (non-hydrogen) atoms. The molecule has 0 radical (unpaired) electrons. The fourth-order valence-electron chi connectivity index (χ4n) is 6.76. The molecular formula is C34H39FN6O2S. The van der Waals surface area contributed by atoms with Gasteiger partial charge in [0.25, 0.3) is 0 Å². The Balaban J connectivity index is 1.00. The summed E-state index contributed by atoms with van der Waals surface area (Å²) in [6.45, 7) is 5.38. The first-order chi connectivity index (χ1) is 21.5. The van der Waals surface area contributed by atoms with Crippen LogP contribution in [0, 0.1) is 17.7 Å². The highest BCUT2D eigenvalue weighted by molar-refractivity contribution is 7.17. The number of hydrogen-bond donors (Lipinski definition) is 3. The van der Waals surface area contributed by atoms with Crippen LogP contribution in [0.1, 0.15) is 36.8 Å². The van der Waals surface area contributed by atoms with E-state index in [1.54, 1.807) is 17.4 Å². The minimum Gasteiger partial charge on any atom is -0.492 e. The van der Waals surface area contributed by atoms with Gasteiger partial charge in [-0.3, -0.25) is 9.69 Å². The van der Waals surface area contributed by atoms with Crippen molar-refractivity contribution in [2.75, 3.05) is 39.3 Å². The van der Waals surface area contributed by atoms with Gasteiger partial charge in [-0.15, -0.1) is 21.5 Å². The predicted molar refractivity (Wildman–Crippen MR) is 172 cm³/mol. The zero-order valence-corrected chi connectivity index (χ0v) is 25.7. The van der Waals surface area contributed by atoms with Crippen LogP contribution in [0.15, 0.2) is 47.8 Å². The molecule has 2 aromatic heterocycles. The lowest BCUT2D eigenvalue weighted by molar-refractivity contribution is -0.124. The van der Waals surface area contributed by atoms with Crippen molar-refractivity contribution in [3.05, 3.63) is 64.8 Å². The van der Waals surface area contributed by atoms with Gasteiger partial charge in [0.15, 0.2) is 0 Å². The quantitative estimate of drug-likeness (QED) is 0.250. The molecule has 7 rings (SSSR count). The minimum absolute atomic E-state index is 0.0855. The number of fused-ring (bicyclic) bond motifs is 2. The van der Waals surface area contributed by atoms with Crippen molar-refractivity contribution in [2.45, 2.75) is 44.7 Å². The average molecular weight is 615 g/mol. The topological polar surface area (TPSA) is 105 Å². The first kappa shape index (κ1) is 29.3. The third-order valence-corrected chi connectivity index (χ3v) is 10.4. The summed E-state index contributed by atoms with van der Waals surface area (Å²) in [5.74, 6) is 1.08. The zero-order valence-electron chi connectivity index (χ0n) is 24.9. The van der Waals surface area contributed by atoms with Gasteiger partial charge >= 0.3 is 0 Å². The van der Waals surface area contributed by atoms with Crippen molar-refractivity contribution in [2.24, 2.45) is 17.6 Å². The van der Waals surface area contributed by atoms with Crippen molar-refractivity contribution in [3.8, 4) is 28.3 Å². The molecular weight excluding hydrogens is 575 g/mol. The number of nitrogens with one attached hydrogen (secondary N) is 2. The first-order valence-corrected chi connectivity index (χ1v) is 16.6. The highest BCUT2D eigenvalue weighted by Crippen LogP contribution is 2.40. The third-order valence-electron chi connectivity index (χ3n) is 9.43. The summed E-state index contributed by atoms with van der Waals surface area (Å²) >= 11 is 1.61. The van der Waals surface area contributed by atoms with Crippen LogP contribution < -0.4 is 21.1 Å². The van der Waals surface area contributed by atoms with E-state index in [0.717, 1.165) is 91.7 Å². The molecule has 0 atom stereocenters. The Hall–Kier alpha value is -3.44. The normalized spacial score (nSPS) is 20.7. The maximum atomic E-state index is 14.4. The second-order valence-corrected chi connectivity index (χ2v) is 13.4. The number of likely N-dealkylation sites (tertiary alicyclic amines) is 1. The van der Waals surface area contributed by atoms with Gasteiger partial charge in [0.05, 0.1) is 17.9 Å². The number of carbonyl (C=O) groups is 1. The number of carbonyl (C=O) groups excluding carboxylic acids is 1. The molecule has 0 bridgehead atoms. The predicted octanol–water partition coefficient (Wildman–Crippen LogP) is 4.75. The maximum absolute atomic E-state index is 14.4. The molecule has 1 saturated heterocycles. The largest absolute Gasteiger partial charge is 0.492 e. The summed E-state index contributed by atoms with van der Waals surface area (Å²) in [5.41, 5.74) is 11.8. The number of ether oxygens (including phenoxy) is 1. The molecule has 0 spiro atoms. The molecule has 3 aliphatic rings. The Morgan fingerprint density at radius 3 is 2.75 bits per heavy atom. The van der Waals surface area contributed by atoms with Gasteiger partial charge in [0.2, 0.25) is 5.91 Å². The lowest BCUT2D eigenvalue weighted by Crippen LogP contribution is -2.50. The summed E-state index contributed by atoms with van der Waals surface area (Å²) in [5, 5.41) is 19.1. The monoisotopic (exact) mass is 614 g/mol. The van der Waals surface area contributed by atoms with Crippen molar-refractivity contribution >= 4 is 27.3 Å². The number of nitrogens with zero attached hydrogens (tertiary/aromatic N) is 3. The van der Waals surface area contributed by atoms with Gasteiger partial charge in [0.1, 0.15) is 23.0 Å². The number of nitrogens with two attached hydrogens (primary N) is 1. The molecule has 2 aromatic carbocycles. The van der Waals surface area contributed by atoms with Crippen molar-refractivity contribution in [3.63, 3.8) is 0 Å². The zero-order chi connectivity index (χ0) is 30.0. The van der Waals surface area contributed by atoms with Gasteiger partial charge in [-0.2, -0.15) is 0 Å². The van der Waals surface area contributed by atoms with Crippen LogP contribution in [0.4, 0.5) is 4.39 Å². The van der Waals surface area contributed by atoms with Gasteiger partial charge in [0, 0.05) is 35.2 Å². The lowest BCUT2D eigenvalue weighted by atomic mass is 9.81. The number of piperidine rings is 1. The van der Waals surface area contributed by atoms with Crippen LogP contribution in [-0.4, -0.2) is 66.4 Å². The van der Waals surface area contributed by atoms with E-state index < -0.39 is 0 Å². The first-order valence-electron chi connectivity index (χ1n) is 15.8. The molecule has 10 heteroatoms. The van der Waals surface area contributed by atoms with Crippen LogP contribution in [0.2, 0.25) is 0 Å².